The van der Waals surface area contributed by atoms with E-state index in [0.717, 1.165) is 0 Å². The fourth-order valence-electron chi connectivity index (χ4n) is 4.10. The summed E-state index contributed by atoms with van der Waals surface area (Å²) in [5.74, 6) is -0.812. The molecule has 1 aliphatic rings. The molecule has 0 spiro atoms. The first kappa shape index (κ1) is 27.9. The predicted molar refractivity (Wildman–Crippen MR) is 136 cm³/mol. The monoisotopic (exact) mass is 516 g/mol. The number of fused-ring (bicyclic) bond motifs is 1. The highest BCUT2D eigenvalue weighted by atomic mass is 16.6. The number of methoxy groups -OCH3 is 1. The van der Waals surface area contributed by atoms with Gasteiger partial charge in [-0.25, -0.2) is 19.6 Å². The summed E-state index contributed by atoms with van der Waals surface area (Å²) in [7, 11) is 1.55. The largest absolute Gasteiger partial charge is 0.497 e. The van der Waals surface area contributed by atoms with Crippen molar-refractivity contribution in [1.82, 2.24) is 20.2 Å². The molecule has 1 saturated heterocycles. The van der Waals surface area contributed by atoms with Gasteiger partial charge in [0, 0.05) is 12.5 Å². The van der Waals surface area contributed by atoms with Crippen LogP contribution in [0.5, 0.6) is 11.6 Å². The molecule has 0 saturated carbocycles. The van der Waals surface area contributed by atoms with E-state index in [0.29, 0.717) is 22.5 Å². The van der Waals surface area contributed by atoms with Crippen LogP contribution in [0.15, 0.2) is 18.2 Å². The van der Waals surface area contributed by atoms with Crippen LogP contribution < -0.4 is 14.8 Å². The van der Waals surface area contributed by atoms with Crippen molar-refractivity contribution >= 4 is 29.0 Å². The summed E-state index contributed by atoms with van der Waals surface area (Å²) >= 11 is 0. The van der Waals surface area contributed by atoms with Gasteiger partial charge in [0.15, 0.2) is 0 Å². The number of aliphatic carboxylic acids is 1. The van der Waals surface area contributed by atoms with Crippen molar-refractivity contribution in [3.63, 3.8) is 0 Å². The highest BCUT2D eigenvalue weighted by molar-refractivity contribution is 5.90. The van der Waals surface area contributed by atoms with E-state index in [1.54, 1.807) is 73.8 Å². The minimum atomic E-state index is -1.16. The molecule has 0 aliphatic carbocycles. The number of hydrogen-bond donors (Lipinski definition) is 2. The SMILES string of the molecule is COc1ccc2nc(C)c(O[C@@H]3C[C@@H](C(=O)O)N(C(=O)[C@@H](NC(=O)OC(C)(C)C)C(C)(C)C)C3)nc2c1. The number of carbonyl (C=O) groups is 3. The lowest BCUT2D eigenvalue weighted by Crippen LogP contribution is -2.57. The van der Waals surface area contributed by atoms with E-state index in [1.165, 1.54) is 4.90 Å². The van der Waals surface area contributed by atoms with E-state index in [1.807, 2.05) is 0 Å². The standard InChI is InChI=1S/C26H36N4O7/c1-14-21(28-18-11-15(35-8)9-10-17(18)27-14)36-16-12-19(23(32)33)30(13-16)22(31)20(25(2,3)4)29-24(34)37-26(5,6)7/h9-11,16,19-20H,12-13H2,1-8H3,(H,29,34)(H,32,33)/t16-,19+,20-/m1/s1. The summed E-state index contributed by atoms with van der Waals surface area (Å²) in [4.78, 5) is 48.5. The molecule has 0 unspecified atom stereocenters. The van der Waals surface area contributed by atoms with E-state index in [9.17, 15) is 19.5 Å². The second kappa shape index (κ2) is 10.4. The summed E-state index contributed by atoms with van der Waals surface area (Å²) in [5.41, 5.74) is 0.297. The lowest BCUT2D eigenvalue weighted by Gasteiger charge is -2.35. The molecule has 0 bridgehead atoms. The zero-order valence-electron chi connectivity index (χ0n) is 22.6. The number of benzene rings is 1. The second-order valence-electron chi connectivity index (χ2n) is 11.2. The Morgan fingerprint density at radius 3 is 2.35 bits per heavy atom. The molecular formula is C26H36N4O7. The molecule has 1 aliphatic heterocycles. The van der Waals surface area contributed by atoms with E-state index in [-0.39, 0.29) is 18.8 Å². The lowest BCUT2D eigenvalue weighted by atomic mass is 9.85. The Hall–Kier alpha value is -3.63. The second-order valence-corrected chi connectivity index (χ2v) is 11.2. The van der Waals surface area contributed by atoms with Gasteiger partial charge in [0.2, 0.25) is 11.8 Å². The topological polar surface area (TPSA) is 140 Å². The van der Waals surface area contributed by atoms with Gasteiger partial charge in [-0.2, -0.15) is 0 Å². The van der Waals surface area contributed by atoms with Crippen molar-refractivity contribution in [1.29, 1.82) is 0 Å². The molecule has 2 heterocycles. The maximum Gasteiger partial charge on any atom is 0.408 e. The van der Waals surface area contributed by atoms with Crippen LogP contribution in [0, 0.1) is 12.3 Å². The van der Waals surface area contributed by atoms with Gasteiger partial charge < -0.3 is 29.5 Å². The van der Waals surface area contributed by atoms with E-state index < -0.39 is 47.2 Å². The zero-order chi connectivity index (χ0) is 27.7. The van der Waals surface area contributed by atoms with Gasteiger partial charge in [0.1, 0.15) is 35.2 Å². The Kier molecular flexibility index (Phi) is 7.85. The quantitative estimate of drug-likeness (QED) is 0.591. The Morgan fingerprint density at radius 2 is 1.78 bits per heavy atom. The maximum atomic E-state index is 13.6. The van der Waals surface area contributed by atoms with Gasteiger partial charge in [-0.3, -0.25) is 4.79 Å². The molecule has 11 nitrogen and oxygen atoms in total. The number of rotatable bonds is 6. The van der Waals surface area contributed by atoms with Crippen molar-refractivity contribution in [2.45, 2.75) is 78.7 Å². The lowest BCUT2D eigenvalue weighted by molar-refractivity contribution is -0.150. The molecular weight excluding hydrogens is 480 g/mol. The normalized spacial score (nSPS) is 18.9. The maximum absolute atomic E-state index is 13.6. The third-order valence-electron chi connectivity index (χ3n) is 5.89. The minimum Gasteiger partial charge on any atom is -0.497 e. The van der Waals surface area contributed by atoms with Gasteiger partial charge in [-0.05, 0) is 45.2 Å². The fraction of sp³-hybridized carbons (Fsp3) is 0.577. The summed E-state index contributed by atoms with van der Waals surface area (Å²) in [6.45, 7) is 12.3. The first-order valence-corrected chi connectivity index (χ1v) is 12.1. The van der Waals surface area contributed by atoms with Crippen LogP contribution in [0.3, 0.4) is 0 Å². The van der Waals surface area contributed by atoms with Crippen LogP contribution in [-0.2, 0) is 14.3 Å². The molecule has 3 rings (SSSR count). The number of hydrogen-bond acceptors (Lipinski definition) is 8. The van der Waals surface area contributed by atoms with Crippen molar-refractivity contribution in [3.05, 3.63) is 23.9 Å². The molecule has 2 aromatic rings. The molecule has 2 amide bonds. The number of carbonyl (C=O) groups excluding carboxylic acids is 2. The van der Waals surface area contributed by atoms with Crippen LogP contribution in [0.2, 0.25) is 0 Å². The number of nitrogens with zero attached hydrogens (tertiary/aromatic N) is 3. The Bertz CT molecular complexity index is 1190. The molecule has 11 heteroatoms. The van der Waals surface area contributed by atoms with Gasteiger partial charge in [0.25, 0.3) is 0 Å². The van der Waals surface area contributed by atoms with Crippen molar-refractivity contribution in [3.8, 4) is 11.6 Å². The average Bonchev–Trinajstić information content (AvgIpc) is 3.19. The number of ether oxygens (including phenoxy) is 3. The van der Waals surface area contributed by atoms with Crippen molar-refractivity contribution < 1.29 is 33.7 Å². The van der Waals surface area contributed by atoms with Crippen LogP contribution in [-0.4, -0.2) is 75.4 Å². The van der Waals surface area contributed by atoms with E-state index in [4.69, 9.17) is 14.2 Å². The molecule has 0 radical (unpaired) electrons. The smallest absolute Gasteiger partial charge is 0.408 e. The molecule has 1 aromatic carbocycles. The predicted octanol–water partition coefficient (Wildman–Crippen LogP) is 3.32. The van der Waals surface area contributed by atoms with Crippen LogP contribution >= 0.6 is 0 Å². The van der Waals surface area contributed by atoms with Crippen molar-refractivity contribution in [2.24, 2.45) is 5.41 Å². The number of alkyl carbamates (subject to hydrolysis) is 1. The summed E-state index contributed by atoms with van der Waals surface area (Å²) < 4.78 is 16.7. The van der Waals surface area contributed by atoms with E-state index in [2.05, 4.69) is 15.3 Å². The molecule has 1 fully saturated rings. The molecule has 202 valence electrons. The van der Waals surface area contributed by atoms with Gasteiger partial charge in [0.05, 0.1) is 24.7 Å². The average molecular weight is 517 g/mol. The van der Waals surface area contributed by atoms with Gasteiger partial charge >= 0.3 is 12.1 Å². The Morgan fingerprint density at radius 1 is 1.11 bits per heavy atom. The third kappa shape index (κ3) is 6.78. The minimum absolute atomic E-state index is 0.00957. The summed E-state index contributed by atoms with van der Waals surface area (Å²) in [5, 5.41) is 12.5. The zero-order valence-corrected chi connectivity index (χ0v) is 22.6. The van der Waals surface area contributed by atoms with Crippen LogP contribution in [0.25, 0.3) is 11.0 Å². The third-order valence-corrected chi connectivity index (χ3v) is 5.89. The summed E-state index contributed by atoms with van der Waals surface area (Å²) in [6, 6.07) is 3.16. The Balaban J connectivity index is 1.84. The van der Waals surface area contributed by atoms with Gasteiger partial charge in [-0.1, -0.05) is 20.8 Å². The number of carboxylic acids is 1. The number of aromatic nitrogens is 2. The number of nitrogens with one attached hydrogen (secondary N) is 1. The number of carboxylic acid groups (broad SMARTS) is 1. The molecule has 37 heavy (non-hydrogen) atoms. The highest BCUT2D eigenvalue weighted by Gasteiger charge is 2.46. The number of aryl methyl sites for hydroxylation is 1. The number of likely N-dealkylation sites (tertiary alicyclic amines) is 1. The number of amides is 2. The molecule has 1 aromatic heterocycles. The molecule has 3 atom stereocenters. The van der Waals surface area contributed by atoms with Crippen molar-refractivity contribution in [2.75, 3.05) is 13.7 Å². The Labute approximate surface area is 216 Å². The van der Waals surface area contributed by atoms with Crippen LogP contribution in [0.4, 0.5) is 4.79 Å². The molecule has 2 N–H and O–H groups in total. The van der Waals surface area contributed by atoms with Crippen LogP contribution in [0.1, 0.15) is 53.7 Å². The highest BCUT2D eigenvalue weighted by Crippen LogP contribution is 2.29. The first-order chi connectivity index (χ1) is 17.1. The van der Waals surface area contributed by atoms with Gasteiger partial charge in [-0.15, -0.1) is 0 Å². The van der Waals surface area contributed by atoms with E-state index >= 15 is 0 Å². The fourth-order valence-corrected chi connectivity index (χ4v) is 4.10. The summed E-state index contributed by atoms with van der Waals surface area (Å²) in [6.07, 6.45) is -1.33. The first-order valence-electron chi connectivity index (χ1n) is 12.1.